The molecule has 1 heterocycles. The van der Waals surface area contributed by atoms with E-state index in [1.54, 1.807) is 0 Å². The Kier molecular flexibility index (Phi) is 2.73. The molecule has 0 atom stereocenters. The van der Waals surface area contributed by atoms with Gasteiger partial charge in [0, 0.05) is 10.7 Å². The van der Waals surface area contributed by atoms with Crippen LogP contribution in [0.1, 0.15) is 12.7 Å². The predicted molar refractivity (Wildman–Crippen MR) is 63.7 cm³/mol. The Balaban J connectivity index is 2.45. The van der Waals surface area contributed by atoms with Crippen LogP contribution in [0.4, 0.5) is 0 Å². The third-order valence-electron chi connectivity index (χ3n) is 2.04. The third kappa shape index (κ3) is 1.90. The molecule has 0 spiro atoms. The van der Waals surface area contributed by atoms with Crippen LogP contribution < -0.4 is 0 Å². The van der Waals surface area contributed by atoms with E-state index >= 15 is 0 Å². The van der Waals surface area contributed by atoms with Crippen LogP contribution in [0.2, 0.25) is 0 Å². The van der Waals surface area contributed by atoms with Crippen molar-refractivity contribution in [3.63, 3.8) is 0 Å². The molecule has 0 radical (unpaired) electrons. The van der Waals surface area contributed by atoms with Gasteiger partial charge in [0.25, 0.3) is 0 Å². The topological polar surface area (TPSA) is 13.1 Å². The molecular weight excluding hydrogens is 240 g/mol. The molecule has 0 saturated carbocycles. The molecule has 0 fully saturated rings. The highest BCUT2D eigenvalue weighted by atomic mass is 79.9. The van der Waals surface area contributed by atoms with Gasteiger partial charge in [0.2, 0.25) is 0 Å². The van der Waals surface area contributed by atoms with Gasteiger partial charge in [-0.05, 0) is 25.1 Å². The van der Waals surface area contributed by atoms with Crippen LogP contribution in [-0.2, 0) is 0 Å². The molecule has 1 aromatic carbocycles. The van der Waals surface area contributed by atoms with Gasteiger partial charge in [-0.3, -0.25) is 0 Å². The van der Waals surface area contributed by atoms with Gasteiger partial charge in [0.1, 0.15) is 11.3 Å². The Morgan fingerprint density at radius 3 is 2.93 bits per heavy atom. The average Bonchev–Trinajstić information content (AvgIpc) is 2.59. The van der Waals surface area contributed by atoms with E-state index in [1.807, 2.05) is 18.2 Å². The van der Waals surface area contributed by atoms with Crippen molar-refractivity contribution in [2.45, 2.75) is 6.92 Å². The highest BCUT2D eigenvalue weighted by Gasteiger charge is 1.99. The maximum absolute atomic E-state index is 5.64. The van der Waals surface area contributed by atoms with Crippen molar-refractivity contribution in [1.82, 2.24) is 0 Å². The zero-order valence-corrected chi connectivity index (χ0v) is 9.54. The molecule has 0 N–H and O–H groups in total. The molecule has 2 heteroatoms. The summed E-state index contributed by atoms with van der Waals surface area (Å²) in [5, 5.41) is 2.03. The number of halogens is 1. The number of alkyl halides is 1. The van der Waals surface area contributed by atoms with Gasteiger partial charge >= 0.3 is 0 Å². The van der Waals surface area contributed by atoms with Crippen molar-refractivity contribution >= 4 is 33.0 Å². The maximum atomic E-state index is 5.64. The van der Waals surface area contributed by atoms with Crippen LogP contribution in [0.15, 0.2) is 40.3 Å². The fourth-order valence-electron chi connectivity index (χ4n) is 1.35. The number of hydrogen-bond donors (Lipinski definition) is 0. The minimum Gasteiger partial charge on any atom is -0.457 e. The van der Waals surface area contributed by atoms with Gasteiger partial charge in [-0.15, -0.1) is 0 Å². The highest BCUT2D eigenvalue weighted by molar-refractivity contribution is 9.09. The number of fused-ring (bicyclic) bond motifs is 1. The molecule has 2 aromatic rings. The van der Waals surface area contributed by atoms with Gasteiger partial charge in [0.05, 0.1) is 0 Å². The lowest BCUT2D eigenvalue weighted by molar-refractivity contribution is 0.604. The van der Waals surface area contributed by atoms with E-state index in [9.17, 15) is 0 Å². The Labute approximate surface area is 91.5 Å². The minimum atomic E-state index is 0.879. The molecule has 0 unspecified atom stereocenters. The predicted octanol–water partition coefficient (Wildman–Crippen LogP) is 4.23. The summed E-state index contributed by atoms with van der Waals surface area (Å²) in [6, 6.07) is 10.1. The number of rotatable bonds is 2. The summed E-state index contributed by atoms with van der Waals surface area (Å²) in [5.41, 5.74) is 2.20. The van der Waals surface area contributed by atoms with Crippen LogP contribution in [0, 0.1) is 0 Å². The Morgan fingerprint density at radius 1 is 1.43 bits per heavy atom. The number of para-hydroxylation sites is 1. The zero-order chi connectivity index (χ0) is 9.97. The fraction of sp³-hybridized carbons (Fsp3) is 0.167. The van der Waals surface area contributed by atoms with Crippen LogP contribution in [0.3, 0.4) is 0 Å². The van der Waals surface area contributed by atoms with E-state index in [4.69, 9.17) is 4.42 Å². The van der Waals surface area contributed by atoms with Gasteiger partial charge in [-0.2, -0.15) is 0 Å². The molecule has 0 aliphatic rings. The fourth-order valence-corrected chi connectivity index (χ4v) is 1.52. The number of benzene rings is 1. The second kappa shape index (κ2) is 4.01. The Bertz CT molecular complexity index is 435. The molecule has 0 bridgehead atoms. The third-order valence-corrected chi connectivity index (χ3v) is 2.93. The molecule has 0 aliphatic heterocycles. The molecule has 0 aliphatic carbocycles. The van der Waals surface area contributed by atoms with Crippen molar-refractivity contribution in [1.29, 1.82) is 0 Å². The summed E-state index contributed by atoms with van der Waals surface area (Å²) in [7, 11) is 0. The standard InChI is InChI=1S/C12H11BrO/c1-9(8-13)6-11-7-10-4-2-3-5-12(10)14-11/h2-7H,8H2,1H3/b9-6-. The normalized spacial score (nSPS) is 12.3. The van der Waals surface area contributed by atoms with Crippen molar-refractivity contribution in [2.75, 3.05) is 5.33 Å². The highest BCUT2D eigenvalue weighted by Crippen LogP contribution is 2.20. The number of allylic oxidation sites excluding steroid dienone is 1. The van der Waals surface area contributed by atoms with E-state index < -0.39 is 0 Å². The second-order valence-corrected chi connectivity index (χ2v) is 3.87. The summed E-state index contributed by atoms with van der Waals surface area (Å²) in [6.07, 6.45) is 2.05. The van der Waals surface area contributed by atoms with E-state index in [1.165, 1.54) is 5.57 Å². The first-order valence-electron chi connectivity index (χ1n) is 4.51. The quantitative estimate of drug-likeness (QED) is 0.728. The molecule has 1 aromatic heterocycles. The molecule has 0 saturated heterocycles. The van der Waals surface area contributed by atoms with Crippen molar-refractivity contribution in [3.8, 4) is 0 Å². The molecule has 14 heavy (non-hydrogen) atoms. The monoisotopic (exact) mass is 250 g/mol. The summed E-state index contributed by atoms with van der Waals surface area (Å²) in [4.78, 5) is 0. The molecule has 72 valence electrons. The van der Waals surface area contributed by atoms with Crippen molar-refractivity contribution in [3.05, 3.63) is 41.7 Å². The van der Waals surface area contributed by atoms with Gasteiger partial charge < -0.3 is 4.42 Å². The molecular formula is C12H11BrO. The SMILES string of the molecule is C/C(=C/c1cc2ccccc2o1)CBr. The zero-order valence-electron chi connectivity index (χ0n) is 7.96. The maximum Gasteiger partial charge on any atom is 0.134 e. The molecule has 2 rings (SSSR count). The van der Waals surface area contributed by atoms with E-state index in [0.29, 0.717) is 0 Å². The van der Waals surface area contributed by atoms with Crippen LogP contribution in [0.25, 0.3) is 17.0 Å². The Hall–Kier alpha value is -1.02. The van der Waals surface area contributed by atoms with Gasteiger partial charge in [-0.25, -0.2) is 0 Å². The van der Waals surface area contributed by atoms with E-state index in [-0.39, 0.29) is 0 Å². The average molecular weight is 251 g/mol. The summed E-state index contributed by atoms with van der Waals surface area (Å²) >= 11 is 3.41. The lowest BCUT2D eigenvalue weighted by Crippen LogP contribution is -1.73. The van der Waals surface area contributed by atoms with Crippen molar-refractivity contribution < 1.29 is 4.42 Å². The minimum absolute atomic E-state index is 0.879. The summed E-state index contributed by atoms with van der Waals surface area (Å²) < 4.78 is 5.64. The van der Waals surface area contributed by atoms with E-state index in [0.717, 1.165) is 22.1 Å². The lowest BCUT2D eigenvalue weighted by atomic mass is 10.2. The van der Waals surface area contributed by atoms with Crippen LogP contribution in [-0.4, -0.2) is 5.33 Å². The van der Waals surface area contributed by atoms with Gasteiger partial charge in [-0.1, -0.05) is 39.7 Å². The Morgan fingerprint density at radius 2 is 2.21 bits per heavy atom. The largest absolute Gasteiger partial charge is 0.457 e. The first-order chi connectivity index (χ1) is 6.79. The van der Waals surface area contributed by atoms with E-state index in [2.05, 4.69) is 41.1 Å². The van der Waals surface area contributed by atoms with Crippen molar-refractivity contribution in [2.24, 2.45) is 0 Å². The smallest absolute Gasteiger partial charge is 0.134 e. The first-order valence-corrected chi connectivity index (χ1v) is 5.63. The number of furan rings is 1. The van der Waals surface area contributed by atoms with Crippen LogP contribution in [0.5, 0.6) is 0 Å². The lowest BCUT2D eigenvalue weighted by Gasteiger charge is -1.89. The summed E-state index contributed by atoms with van der Waals surface area (Å²) in [6.45, 7) is 2.07. The second-order valence-electron chi connectivity index (χ2n) is 3.31. The molecule has 0 amide bonds. The first kappa shape index (κ1) is 9.53. The summed E-state index contributed by atoms with van der Waals surface area (Å²) in [5.74, 6) is 0.920. The van der Waals surface area contributed by atoms with Crippen LogP contribution >= 0.6 is 15.9 Å². The molecule has 1 nitrogen and oxygen atoms in total. The van der Waals surface area contributed by atoms with Gasteiger partial charge in [0.15, 0.2) is 0 Å². The number of hydrogen-bond acceptors (Lipinski definition) is 1.